The molecule has 3 rings (SSSR count). The SMILES string of the molecule is Nc1cccc2c1oc(=O)n2C(=O)c1ccc(Cl)s1. The minimum absolute atomic E-state index is 0.212. The molecule has 2 heterocycles. The summed E-state index contributed by atoms with van der Waals surface area (Å²) in [4.78, 5) is 24.4. The van der Waals surface area contributed by atoms with Crippen molar-refractivity contribution in [2.45, 2.75) is 0 Å². The van der Waals surface area contributed by atoms with E-state index in [-0.39, 0.29) is 5.58 Å². The Morgan fingerprint density at radius 1 is 1.32 bits per heavy atom. The van der Waals surface area contributed by atoms with Gasteiger partial charge < -0.3 is 10.2 Å². The maximum atomic E-state index is 12.3. The quantitative estimate of drug-likeness (QED) is 0.700. The number of benzene rings is 1. The molecule has 1 aromatic carbocycles. The second-order valence-electron chi connectivity index (χ2n) is 3.81. The third-order valence-corrected chi connectivity index (χ3v) is 3.84. The molecule has 0 unspecified atom stereocenters. The zero-order chi connectivity index (χ0) is 13.6. The van der Waals surface area contributed by atoms with Gasteiger partial charge in [0, 0.05) is 0 Å². The number of rotatable bonds is 1. The molecule has 3 aromatic rings. The molecule has 0 atom stereocenters. The van der Waals surface area contributed by atoms with Crippen molar-refractivity contribution in [3.05, 3.63) is 50.1 Å². The topological polar surface area (TPSA) is 78.2 Å². The van der Waals surface area contributed by atoms with Gasteiger partial charge in [0.1, 0.15) is 5.52 Å². The molecule has 0 aliphatic carbocycles. The third kappa shape index (κ3) is 1.85. The van der Waals surface area contributed by atoms with Gasteiger partial charge in [-0.15, -0.1) is 11.3 Å². The van der Waals surface area contributed by atoms with Crippen LogP contribution in [0.4, 0.5) is 5.69 Å². The first-order valence-electron chi connectivity index (χ1n) is 5.28. The van der Waals surface area contributed by atoms with E-state index in [1.54, 1.807) is 30.3 Å². The van der Waals surface area contributed by atoms with Crippen LogP contribution in [0.5, 0.6) is 0 Å². The van der Waals surface area contributed by atoms with Gasteiger partial charge in [0.05, 0.1) is 14.9 Å². The van der Waals surface area contributed by atoms with Crippen molar-refractivity contribution in [3.63, 3.8) is 0 Å². The van der Waals surface area contributed by atoms with Gasteiger partial charge in [0.25, 0.3) is 5.91 Å². The smallest absolute Gasteiger partial charge is 0.405 e. The number of nitrogens with zero attached hydrogens (tertiary/aromatic N) is 1. The van der Waals surface area contributed by atoms with Gasteiger partial charge in [0.2, 0.25) is 0 Å². The minimum Gasteiger partial charge on any atom is -0.405 e. The fourth-order valence-corrected chi connectivity index (χ4v) is 2.77. The summed E-state index contributed by atoms with van der Waals surface area (Å²) in [5.74, 6) is -1.24. The van der Waals surface area contributed by atoms with Crippen LogP contribution in [0.1, 0.15) is 9.67 Å². The molecule has 0 aliphatic heterocycles. The predicted molar refractivity (Wildman–Crippen MR) is 73.9 cm³/mol. The lowest BCUT2D eigenvalue weighted by Gasteiger charge is -1.98. The van der Waals surface area contributed by atoms with Gasteiger partial charge >= 0.3 is 5.76 Å². The van der Waals surface area contributed by atoms with Gasteiger partial charge in [-0.1, -0.05) is 17.7 Å². The molecule has 0 radical (unpaired) electrons. The normalized spacial score (nSPS) is 11.0. The molecular weight excluding hydrogens is 288 g/mol. The summed E-state index contributed by atoms with van der Waals surface area (Å²) in [5, 5.41) is 0. The number of para-hydroxylation sites is 1. The van der Waals surface area contributed by atoms with E-state index < -0.39 is 11.7 Å². The molecule has 96 valence electrons. The van der Waals surface area contributed by atoms with E-state index in [0.717, 1.165) is 15.9 Å². The van der Waals surface area contributed by atoms with Crippen molar-refractivity contribution < 1.29 is 9.21 Å². The van der Waals surface area contributed by atoms with E-state index in [1.807, 2.05) is 0 Å². The Hall–Kier alpha value is -2.05. The molecule has 5 nitrogen and oxygen atoms in total. The Bertz CT molecular complexity index is 846. The molecule has 0 fully saturated rings. The van der Waals surface area contributed by atoms with Crippen LogP contribution in [-0.4, -0.2) is 10.5 Å². The predicted octanol–water partition coefficient (Wildman–Crippen LogP) is 2.58. The van der Waals surface area contributed by atoms with E-state index in [4.69, 9.17) is 21.8 Å². The van der Waals surface area contributed by atoms with Crippen LogP contribution < -0.4 is 11.5 Å². The Labute approximate surface area is 115 Å². The number of hydrogen-bond acceptors (Lipinski definition) is 5. The maximum Gasteiger partial charge on any atom is 0.427 e. The molecule has 2 aromatic heterocycles. The van der Waals surface area contributed by atoms with E-state index in [9.17, 15) is 9.59 Å². The second kappa shape index (κ2) is 4.25. The average Bonchev–Trinajstić information content (AvgIpc) is 2.93. The van der Waals surface area contributed by atoms with Gasteiger partial charge in [-0.3, -0.25) is 4.79 Å². The number of nitrogen functional groups attached to an aromatic ring is 1. The lowest BCUT2D eigenvalue weighted by atomic mass is 10.3. The fraction of sp³-hybridized carbons (Fsp3) is 0. The van der Waals surface area contributed by atoms with Crippen molar-refractivity contribution >= 4 is 45.6 Å². The Morgan fingerprint density at radius 3 is 2.79 bits per heavy atom. The van der Waals surface area contributed by atoms with Crippen molar-refractivity contribution in [1.82, 2.24) is 4.57 Å². The fourth-order valence-electron chi connectivity index (χ4n) is 1.79. The number of carbonyl (C=O) groups is 1. The summed E-state index contributed by atoms with van der Waals surface area (Å²) < 4.78 is 6.44. The minimum atomic E-state index is -0.762. The van der Waals surface area contributed by atoms with E-state index in [1.165, 1.54) is 0 Å². The van der Waals surface area contributed by atoms with E-state index in [0.29, 0.717) is 20.4 Å². The number of fused-ring (bicyclic) bond motifs is 1. The second-order valence-corrected chi connectivity index (χ2v) is 5.52. The molecule has 0 amide bonds. The van der Waals surface area contributed by atoms with E-state index in [2.05, 4.69) is 0 Å². The Balaban J connectivity index is 2.26. The molecular formula is C12H7ClN2O3S. The molecule has 0 saturated heterocycles. The Morgan fingerprint density at radius 2 is 2.11 bits per heavy atom. The van der Waals surface area contributed by atoms with Crippen molar-refractivity contribution in [1.29, 1.82) is 0 Å². The molecule has 2 N–H and O–H groups in total. The van der Waals surface area contributed by atoms with Gasteiger partial charge in [-0.25, -0.2) is 9.36 Å². The molecule has 0 bridgehead atoms. The van der Waals surface area contributed by atoms with Crippen LogP contribution in [0.15, 0.2) is 39.5 Å². The number of thiophene rings is 1. The summed E-state index contributed by atoms with van der Waals surface area (Å²) in [6.45, 7) is 0. The maximum absolute atomic E-state index is 12.3. The summed E-state index contributed by atoms with van der Waals surface area (Å²) in [6, 6.07) is 8.01. The van der Waals surface area contributed by atoms with Crippen molar-refractivity contribution in [2.24, 2.45) is 0 Å². The van der Waals surface area contributed by atoms with Gasteiger partial charge in [-0.2, -0.15) is 0 Å². The summed E-state index contributed by atoms with van der Waals surface area (Å²) >= 11 is 6.88. The monoisotopic (exact) mass is 294 g/mol. The van der Waals surface area contributed by atoms with Crippen molar-refractivity contribution in [2.75, 3.05) is 5.73 Å². The molecule has 0 spiro atoms. The highest BCUT2D eigenvalue weighted by Crippen LogP contribution is 2.24. The number of hydrogen-bond donors (Lipinski definition) is 1. The van der Waals surface area contributed by atoms with Crippen LogP contribution >= 0.6 is 22.9 Å². The molecule has 7 heteroatoms. The van der Waals surface area contributed by atoms with Crippen molar-refractivity contribution in [3.8, 4) is 0 Å². The highest BCUT2D eigenvalue weighted by molar-refractivity contribution is 7.18. The standard InChI is InChI=1S/C12H7ClN2O3S/c13-9-5-4-8(19-9)11(16)15-7-3-1-2-6(14)10(7)18-12(15)17/h1-5H,14H2. The number of nitrogens with two attached hydrogens (primary N) is 1. The first kappa shape index (κ1) is 12.0. The number of anilines is 1. The number of halogens is 1. The van der Waals surface area contributed by atoms with Crippen LogP contribution in [-0.2, 0) is 0 Å². The van der Waals surface area contributed by atoms with Gasteiger partial charge in [-0.05, 0) is 24.3 Å². The zero-order valence-corrected chi connectivity index (χ0v) is 11.0. The highest BCUT2D eigenvalue weighted by Gasteiger charge is 2.20. The highest BCUT2D eigenvalue weighted by atomic mass is 35.5. The number of oxazole rings is 1. The lowest BCUT2D eigenvalue weighted by Crippen LogP contribution is -2.22. The first-order chi connectivity index (χ1) is 9.08. The first-order valence-corrected chi connectivity index (χ1v) is 6.47. The Kier molecular flexibility index (Phi) is 2.69. The largest absolute Gasteiger partial charge is 0.427 e. The molecule has 19 heavy (non-hydrogen) atoms. The van der Waals surface area contributed by atoms with Crippen LogP contribution in [0.2, 0.25) is 4.34 Å². The molecule has 0 aliphatic rings. The van der Waals surface area contributed by atoms with E-state index >= 15 is 0 Å². The zero-order valence-electron chi connectivity index (χ0n) is 9.42. The van der Waals surface area contributed by atoms with Gasteiger partial charge in [0.15, 0.2) is 5.58 Å². The van der Waals surface area contributed by atoms with Crippen LogP contribution in [0.25, 0.3) is 11.1 Å². The lowest BCUT2D eigenvalue weighted by molar-refractivity contribution is 0.0960. The summed E-state index contributed by atoms with van der Waals surface area (Å²) in [7, 11) is 0. The summed E-state index contributed by atoms with van der Waals surface area (Å²) in [6.07, 6.45) is 0. The number of carbonyl (C=O) groups excluding carboxylic acids is 1. The third-order valence-electron chi connectivity index (χ3n) is 2.62. The summed E-state index contributed by atoms with van der Waals surface area (Å²) in [5.41, 5.74) is 6.57. The van der Waals surface area contributed by atoms with Crippen LogP contribution in [0, 0.1) is 0 Å². The molecule has 0 saturated carbocycles. The van der Waals surface area contributed by atoms with Crippen LogP contribution in [0.3, 0.4) is 0 Å². The average molecular weight is 295 g/mol. The number of aromatic nitrogens is 1.